The number of fused-ring (bicyclic) bond motifs is 1. The third-order valence-corrected chi connectivity index (χ3v) is 3.83. The molecule has 0 spiro atoms. The Hall–Kier alpha value is -3.47. The average molecular weight is 345 g/mol. The monoisotopic (exact) mass is 345 g/mol. The number of para-hydroxylation sites is 2. The Morgan fingerprint density at radius 3 is 2.77 bits per heavy atom. The van der Waals surface area contributed by atoms with E-state index in [1.165, 1.54) is 6.21 Å². The van der Waals surface area contributed by atoms with Crippen molar-refractivity contribution in [2.24, 2.45) is 5.10 Å². The first-order chi connectivity index (χ1) is 12.7. The minimum atomic E-state index is -0.270. The van der Waals surface area contributed by atoms with Crippen molar-refractivity contribution in [1.29, 1.82) is 0 Å². The van der Waals surface area contributed by atoms with Crippen molar-refractivity contribution in [2.45, 2.75) is 6.92 Å². The number of carbonyl (C=O) groups is 1. The summed E-state index contributed by atoms with van der Waals surface area (Å²) in [4.78, 5) is 16.9. The van der Waals surface area contributed by atoms with Gasteiger partial charge in [-0.1, -0.05) is 36.4 Å². The molecule has 1 amide bonds. The van der Waals surface area contributed by atoms with Gasteiger partial charge in [-0.15, -0.1) is 0 Å². The van der Waals surface area contributed by atoms with Gasteiger partial charge in [0.05, 0.1) is 18.2 Å². The normalized spacial score (nSPS) is 11.3. The van der Waals surface area contributed by atoms with E-state index in [4.69, 9.17) is 4.74 Å². The number of carbonyl (C=O) groups excluding carboxylic acids is 1. The summed E-state index contributed by atoms with van der Waals surface area (Å²) in [6.07, 6.45) is 5.13. The maximum absolute atomic E-state index is 12.4. The van der Waals surface area contributed by atoms with Crippen LogP contribution in [0.3, 0.4) is 0 Å². The predicted molar refractivity (Wildman–Crippen MR) is 104 cm³/mol. The van der Waals surface area contributed by atoms with Gasteiger partial charge in [-0.3, -0.25) is 9.78 Å². The Balaban J connectivity index is 1.71. The van der Waals surface area contributed by atoms with E-state index in [2.05, 4.69) is 15.5 Å². The second kappa shape index (κ2) is 8.07. The van der Waals surface area contributed by atoms with Gasteiger partial charge in [0.25, 0.3) is 5.91 Å². The first-order valence-corrected chi connectivity index (χ1v) is 8.18. The number of methoxy groups -OCH3 is 1. The molecule has 1 aromatic heterocycles. The summed E-state index contributed by atoms with van der Waals surface area (Å²) in [5.74, 6) is 0.508. The molecule has 1 heterocycles. The van der Waals surface area contributed by atoms with Crippen molar-refractivity contribution >= 4 is 29.1 Å². The predicted octanol–water partition coefficient (Wildman–Crippen LogP) is 3.98. The number of hydrogen-bond acceptors (Lipinski definition) is 4. The quantitative estimate of drug-likeness (QED) is 0.562. The molecule has 0 aliphatic rings. The van der Waals surface area contributed by atoms with E-state index < -0.39 is 0 Å². The Labute approximate surface area is 152 Å². The molecule has 0 bridgehead atoms. The molecule has 0 aliphatic heterocycles. The summed E-state index contributed by atoms with van der Waals surface area (Å²) in [5, 5.41) is 4.78. The molecule has 2 aromatic carbocycles. The highest BCUT2D eigenvalue weighted by Crippen LogP contribution is 2.19. The number of nitrogens with zero attached hydrogens (tertiary/aromatic N) is 2. The highest BCUT2D eigenvalue weighted by Gasteiger charge is 2.10. The van der Waals surface area contributed by atoms with Crippen molar-refractivity contribution in [1.82, 2.24) is 10.4 Å². The van der Waals surface area contributed by atoms with Gasteiger partial charge in [-0.2, -0.15) is 5.10 Å². The number of hydrogen-bond donors (Lipinski definition) is 1. The van der Waals surface area contributed by atoms with Gasteiger partial charge in [-0.05, 0) is 37.3 Å². The van der Waals surface area contributed by atoms with Crippen LogP contribution in [0.5, 0.6) is 5.75 Å². The molecule has 0 saturated heterocycles. The third-order valence-electron chi connectivity index (χ3n) is 3.83. The fourth-order valence-corrected chi connectivity index (χ4v) is 2.65. The van der Waals surface area contributed by atoms with Gasteiger partial charge in [0.1, 0.15) is 5.75 Å². The van der Waals surface area contributed by atoms with E-state index in [0.717, 1.165) is 27.9 Å². The lowest BCUT2D eigenvalue weighted by atomic mass is 10.1. The number of amides is 1. The molecule has 130 valence electrons. The molecule has 0 unspecified atom stereocenters. The lowest BCUT2D eigenvalue weighted by molar-refractivity contribution is 0.0956. The number of aryl methyl sites for hydroxylation is 1. The molecule has 3 rings (SSSR count). The summed E-state index contributed by atoms with van der Waals surface area (Å²) in [7, 11) is 1.63. The standard InChI is InChI=1S/C21H19N3O2/c1-15-14-18(17-10-4-5-11-19(17)23-15)21(25)24-22-13-7-9-16-8-3-6-12-20(16)26-2/h3-14H,1-2H3,(H,24,25). The molecule has 5 heteroatoms. The summed E-state index contributed by atoms with van der Waals surface area (Å²) >= 11 is 0. The number of pyridine rings is 1. The first kappa shape index (κ1) is 17.4. The number of rotatable bonds is 5. The van der Waals surface area contributed by atoms with Crippen LogP contribution in [-0.2, 0) is 0 Å². The zero-order valence-corrected chi connectivity index (χ0v) is 14.6. The molecular weight excluding hydrogens is 326 g/mol. The minimum Gasteiger partial charge on any atom is -0.496 e. The van der Waals surface area contributed by atoms with E-state index in [1.54, 1.807) is 19.3 Å². The maximum Gasteiger partial charge on any atom is 0.272 e. The van der Waals surface area contributed by atoms with Crippen LogP contribution < -0.4 is 10.2 Å². The molecule has 0 radical (unpaired) electrons. The number of benzene rings is 2. The maximum atomic E-state index is 12.4. The number of ether oxygens (including phenoxy) is 1. The molecule has 0 fully saturated rings. The van der Waals surface area contributed by atoms with Crippen molar-refractivity contribution in [3.8, 4) is 5.75 Å². The lowest BCUT2D eigenvalue weighted by Gasteiger charge is -2.06. The molecule has 0 saturated carbocycles. The van der Waals surface area contributed by atoms with Gasteiger partial charge in [0, 0.05) is 22.9 Å². The summed E-state index contributed by atoms with van der Waals surface area (Å²) in [6, 6.07) is 17.0. The Kier molecular flexibility index (Phi) is 5.39. The van der Waals surface area contributed by atoms with Crippen LogP contribution in [0.15, 0.2) is 65.8 Å². The van der Waals surface area contributed by atoms with Gasteiger partial charge in [0.15, 0.2) is 0 Å². The second-order valence-corrected chi connectivity index (χ2v) is 5.65. The Morgan fingerprint density at radius 1 is 1.15 bits per heavy atom. The van der Waals surface area contributed by atoms with Crippen molar-refractivity contribution in [3.63, 3.8) is 0 Å². The van der Waals surface area contributed by atoms with Gasteiger partial charge in [-0.25, -0.2) is 5.43 Å². The van der Waals surface area contributed by atoms with E-state index in [0.29, 0.717) is 5.56 Å². The highest BCUT2D eigenvalue weighted by molar-refractivity contribution is 6.06. The SMILES string of the molecule is COc1ccccc1C=CC=NNC(=O)c1cc(C)nc2ccccc12. The Bertz CT molecular complexity index is 993. The molecule has 0 aliphatic carbocycles. The van der Waals surface area contributed by atoms with Crippen LogP contribution in [0, 0.1) is 6.92 Å². The lowest BCUT2D eigenvalue weighted by Crippen LogP contribution is -2.18. The van der Waals surface area contributed by atoms with Crippen LogP contribution in [0.25, 0.3) is 17.0 Å². The van der Waals surface area contributed by atoms with Gasteiger partial charge < -0.3 is 4.74 Å². The van der Waals surface area contributed by atoms with E-state index in [9.17, 15) is 4.79 Å². The van der Waals surface area contributed by atoms with Crippen LogP contribution in [-0.4, -0.2) is 24.2 Å². The third kappa shape index (κ3) is 3.95. The highest BCUT2D eigenvalue weighted by atomic mass is 16.5. The summed E-state index contributed by atoms with van der Waals surface area (Å²) < 4.78 is 5.28. The number of aromatic nitrogens is 1. The zero-order valence-electron chi connectivity index (χ0n) is 14.6. The van der Waals surface area contributed by atoms with Crippen LogP contribution in [0.2, 0.25) is 0 Å². The van der Waals surface area contributed by atoms with Crippen LogP contribution in [0.1, 0.15) is 21.6 Å². The number of nitrogens with one attached hydrogen (secondary N) is 1. The number of hydrazone groups is 1. The fraction of sp³-hybridized carbons (Fsp3) is 0.0952. The summed E-state index contributed by atoms with van der Waals surface area (Å²) in [6.45, 7) is 1.86. The van der Waals surface area contributed by atoms with Crippen LogP contribution >= 0.6 is 0 Å². The molecule has 0 atom stereocenters. The van der Waals surface area contributed by atoms with E-state index in [-0.39, 0.29) is 5.91 Å². The molecular formula is C21H19N3O2. The van der Waals surface area contributed by atoms with Crippen LogP contribution in [0.4, 0.5) is 0 Å². The van der Waals surface area contributed by atoms with Crippen molar-refractivity contribution in [2.75, 3.05) is 7.11 Å². The van der Waals surface area contributed by atoms with Crippen molar-refractivity contribution < 1.29 is 9.53 Å². The number of allylic oxidation sites excluding steroid dienone is 1. The summed E-state index contributed by atoms with van der Waals surface area (Å²) in [5.41, 5.74) is 5.62. The first-order valence-electron chi connectivity index (χ1n) is 8.18. The van der Waals surface area contributed by atoms with Crippen molar-refractivity contribution in [3.05, 3.63) is 77.5 Å². The zero-order chi connectivity index (χ0) is 18.4. The minimum absolute atomic E-state index is 0.270. The molecule has 26 heavy (non-hydrogen) atoms. The average Bonchev–Trinajstić information content (AvgIpc) is 2.67. The fourth-order valence-electron chi connectivity index (χ4n) is 2.65. The molecule has 5 nitrogen and oxygen atoms in total. The van der Waals surface area contributed by atoms with E-state index in [1.807, 2.05) is 61.5 Å². The largest absolute Gasteiger partial charge is 0.496 e. The topological polar surface area (TPSA) is 63.6 Å². The molecule has 1 N–H and O–H groups in total. The Morgan fingerprint density at radius 2 is 1.92 bits per heavy atom. The second-order valence-electron chi connectivity index (χ2n) is 5.65. The smallest absolute Gasteiger partial charge is 0.272 e. The van der Waals surface area contributed by atoms with E-state index >= 15 is 0 Å². The van der Waals surface area contributed by atoms with Gasteiger partial charge in [0.2, 0.25) is 0 Å². The molecule has 3 aromatic rings. The van der Waals surface area contributed by atoms with Gasteiger partial charge >= 0.3 is 0 Å².